The first kappa shape index (κ1) is 19.4. The summed E-state index contributed by atoms with van der Waals surface area (Å²) in [6, 6.07) is 3.81. The molecule has 0 radical (unpaired) electrons. The molecule has 4 aromatic rings. The van der Waals surface area contributed by atoms with Crippen LogP contribution in [0.4, 0.5) is 0 Å². The van der Waals surface area contributed by atoms with E-state index >= 15 is 0 Å². The van der Waals surface area contributed by atoms with Crippen molar-refractivity contribution in [2.45, 2.75) is 33.0 Å². The summed E-state index contributed by atoms with van der Waals surface area (Å²) in [5.74, 6) is -0.272. The molecule has 10 nitrogen and oxygen atoms in total. The van der Waals surface area contributed by atoms with Gasteiger partial charge in [-0.1, -0.05) is 0 Å². The van der Waals surface area contributed by atoms with Crippen molar-refractivity contribution >= 4 is 38.8 Å². The smallest absolute Gasteiger partial charge is 0.262 e. The Morgan fingerprint density at radius 2 is 2.10 bits per heavy atom. The van der Waals surface area contributed by atoms with Crippen molar-refractivity contribution in [1.82, 2.24) is 29.8 Å². The van der Waals surface area contributed by atoms with Crippen molar-refractivity contribution < 1.29 is 9.90 Å². The number of thiophene rings is 2. The molecule has 0 aliphatic heterocycles. The lowest BCUT2D eigenvalue weighted by atomic mass is 10.2. The first-order valence-corrected chi connectivity index (χ1v) is 10.3. The summed E-state index contributed by atoms with van der Waals surface area (Å²) in [4.78, 5) is 32.6. The van der Waals surface area contributed by atoms with Crippen LogP contribution in [0.1, 0.15) is 36.9 Å². The molecule has 0 bridgehead atoms. The van der Waals surface area contributed by atoms with Crippen LogP contribution < -0.4 is 11.3 Å². The summed E-state index contributed by atoms with van der Waals surface area (Å²) in [6.45, 7) is 3.87. The monoisotopic (exact) mass is 431 g/mol. The standard InChI is InChI=1S/C17H17N7O3S2/c1-8-3-4-11(28-8)10(25)5-24-21-12(20-22-24)6-23-7-19-16-13(17(23)27)9(2)14(29-16)15(18)26/h3-4,7,10,25H,5-6H2,1-2H3,(H2,18,26)/t10-/m0/s1. The van der Waals surface area contributed by atoms with E-state index in [1.165, 1.54) is 27.0 Å². The summed E-state index contributed by atoms with van der Waals surface area (Å²) in [6.07, 6.45) is 0.646. The van der Waals surface area contributed by atoms with Gasteiger partial charge in [-0.2, -0.15) is 4.80 Å². The second-order valence-electron chi connectivity index (χ2n) is 6.50. The van der Waals surface area contributed by atoms with Crippen molar-refractivity contribution in [3.8, 4) is 0 Å². The van der Waals surface area contributed by atoms with E-state index in [9.17, 15) is 14.7 Å². The third-order valence-electron chi connectivity index (χ3n) is 4.37. The van der Waals surface area contributed by atoms with Crippen LogP contribution in [0.5, 0.6) is 0 Å². The SMILES string of the molecule is Cc1ccc([C@@H](O)Cn2nnc(Cn3cnc4sc(C(N)=O)c(C)c4c3=O)n2)s1. The molecule has 3 N–H and O–H groups in total. The molecule has 1 amide bonds. The van der Waals surface area contributed by atoms with Gasteiger partial charge >= 0.3 is 0 Å². The molecule has 0 saturated heterocycles. The van der Waals surface area contributed by atoms with Gasteiger partial charge in [-0.25, -0.2) is 4.98 Å². The summed E-state index contributed by atoms with van der Waals surface area (Å²) in [5, 5.41) is 22.8. The zero-order chi connectivity index (χ0) is 20.7. The molecule has 150 valence electrons. The minimum atomic E-state index is -0.739. The van der Waals surface area contributed by atoms with Gasteiger partial charge in [-0.3, -0.25) is 14.2 Å². The van der Waals surface area contributed by atoms with Crippen LogP contribution in [0.3, 0.4) is 0 Å². The highest BCUT2D eigenvalue weighted by Gasteiger charge is 2.18. The van der Waals surface area contributed by atoms with Gasteiger partial charge in [0, 0.05) is 9.75 Å². The zero-order valence-corrected chi connectivity index (χ0v) is 17.2. The molecule has 4 aromatic heterocycles. The van der Waals surface area contributed by atoms with Crippen molar-refractivity contribution in [3.05, 3.63) is 54.8 Å². The molecule has 0 unspecified atom stereocenters. The maximum atomic E-state index is 12.8. The van der Waals surface area contributed by atoms with Crippen LogP contribution in [0.2, 0.25) is 0 Å². The normalized spacial score (nSPS) is 12.5. The van der Waals surface area contributed by atoms with Gasteiger partial charge in [0.05, 0.1) is 29.7 Å². The Labute approximate surface area is 172 Å². The number of rotatable bonds is 6. The Hall–Kier alpha value is -2.96. The van der Waals surface area contributed by atoms with E-state index in [0.717, 1.165) is 21.1 Å². The molecule has 4 heterocycles. The first-order chi connectivity index (χ1) is 13.8. The average Bonchev–Trinajstić information content (AvgIpc) is 3.37. The maximum absolute atomic E-state index is 12.8. The van der Waals surface area contributed by atoms with Crippen LogP contribution in [-0.2, 0) is 13.1 Å². The second-order valence-corrected chi connectivity index (χ2v) is 8.82. The number of aromatic nitrogens is 6. The number of nitrogens with two attached hydrogens (primary N) is 1. The predicted octanol–water partition coefficient (Wildman–Crippen LogP) is 1.00. The highest BCUT2D eigenvalue weighted by molar-refractivity contribution is 7.20. The van der Waals surface area contributed by atoms with Gasteiger partial charge in [0.1, 0.15) is 10.9 Å². The fourth-order valence-electron chi connectivity index (χ4n) is 2.95. The number of carbonyl (C=O) groups excluding carboxylic acids is 1. The van der Waals surface area contributed by atoms with E-state index in [-0.39, 0.29) is 18.6 Å². The number of aliphatic hydroxyl groups excluding tert-OH is 1. The fraction of sp³-hybridized carbons (Fsp3) is 0.294. The van der Waals surface area contributed by atoms with Crippen molar-refractivity contribution in [2.24, 2.45) is 5.73 Å². The van der Waals surface area contributed by atoms with E-state index in [0.29, 0.717) is 26.5 Å². The van der Waals surface area contributed by atoms with Gasteiger partial charge in [-0.05, 0) is 36.8 Å². The predicted molar refractivity (Wildman–Crippen MR) is 108 cm³/mol. The van der Waals surface area contributed by atoms with Crippen LogP contribution in [0.15, 0.2) is 23.3 Å². The maximum Gasteiger partial charge on any atom is 0.262 e. The number of hydrogen-bond donors (Lipinski definition) is 2. The number of primary amides is 1. The summed E-state index contributed by atoms with van der Waals surface area (Å²) in [7, 11) is 0. The Kier molecular flexibility index (Phi) is 4.98. The minimum Gasteiger partial charge on any atom is -0.386 e. The Morgan fingerprint density at radius 1 is 1.31 bits per heavy atom. The molecule has 0 spiro atoms. The average molecular weight is 432 g/mol. The Balaban J connectivity index is 1.56. The molecule has 29 heavy (non-hydrogen) atoms. The number of fused-ring (bicyclic) bond motifs is 1. The molecule has 0 aliphatic rings. The molecule has 12 heteroatoms. The molecular weight excluding hydrogens is 414 g/mol. The van der Waals surface area contributed by atoms with Crippen molar-refractivity contribution in [1.29, 1.82) is 0 Å². The molecule has 0 fully saturated rings. The van der Waals surface area contributed by atoms with Gasteiger partial charge in [-0.15, -0.1) is 32.9 Å². The largest absolute Gasteiger partial charge is 0.386 e. The lowest BCUT2D eigenvalue weighted by molar-refractivity contribution is 0.100. The number of amides is 1. The molecule has 0 aromatic carbocycles. The van der Waals surface area contributed by atoms with Crippen LogP contribution >= 0.6 is 22.7 Å². The highest BCUT2D eigenvalue weighted by Crippen LogP contribution is 2.26. The summed E-state index contributed by atoms with van der Waals surface area (Å²) < 4.78 is 1.35. The number of carbonyl (C=O) groups is 1. The molecule has 0 aliphatic carbocycles. The Bertz CT molecular complexity index is 1270. The third kappa shape index (κ3) is 3.69. The topological polar surface area (TPSA) is 142 Å². The Morgan fingerprint density at radius 3 is 2.79 bits per heavy atom. The quantitative estimate of drug-likeness (QED) is 0.464. The van der Waals surface area contributed by atoms with Crippen LogP contribution in [-0.4, -0.2) is 40.8 Å². The van der Waals surface area contributed by atoms with Gasteiger partial charge < -0.3 is 10.8 Å². The highest BCUT2D eigenvalue weighted by atomic mass is 32.1. The lowest BCUT2D eigenvalue weighted by Gasteiger charge is -2.06. The van der Waals surface area contributed by atoms with E-state index in [2.05, 4.69) is 20.4 Å². The number of hydrogen-bond acceptors (Lipinski definition) is 9. The lowest BCUT2D eigenvalue weighted by Crippen LogP contribution is -2.22. The summed E-state index contributed by atoms with van der Waals surface area (Å²) in [5.41, 5.74) is 5.58. The number of tetrazole rings is 1. The minimum absolute atomic E-state index is 0.0666. The molecule has 1 atom stereocenters. The third-order valence-corrected chi connectivity index (χ3v) is 6.69. The number of aryl methyl sites for hydroxylation is 2. The first-order valence-electron chi connectivity index (χ1n) is 8.63. The number of nitrogens with zero attached hydrogens (tertiary/aromatic N) is 6. The van der Waals surface area contributed by atoms with Gasteiger partial charge in [0.15, 0.2) is 5.82 Å². The van der Waals surface area contributed by atoms with Crippen LogP contribution in [0, 0.1) is 13.8 Å². The van der Waals surface area contributed by atoms with Gasteiger partial charge in [0.2, 0.25) is 0 Å². The second kappa shape index (κ2) is 7.46. The molecule has 4 rings (SSSR count). The van der Waals surface area contributed by atoms with Crippen molar-refractivity contribution in [3.63, 3.8) is 0 Å². The van der Waals surface area contributed by atoms with E-state index in [1.54, 1.807) is 6.92 Å². The van der Waals surface area contributed by atoms with E-state index in [4.69, 9.17) is 5.73 Å². The number of aliphatic hydroxyl groups is 1. The van der Waals surface area contributed by atoms with Crippen molar-refractivity contribution in [2.75, 3.05) is 0 Å². The van der Waals surface area contributed by atoms with Gasteiger partial charge in [0.25, 0.3) is 11.5 Å². The molecular formula is C17H17N7O3S2. The zero-order valence-electron chi connectivity index (χ0n) is 15.6. The van der Waals surface area contributed by atoms with Crippen LogP contribution in [0.25, 0.3) is 10.2 Å². The summed E-state index contributed by atoms with van der Waals surface area (Å²) >= 11 is 2.61. The molecule has 0 saturated carbocycles. The van der Waals surface area contributed by atoms with E-state index in [1.807, 2.05) is 19.1 Å². The fourth-order valence-corrected chi connectivity index (χ4v) is 4.80. The van der Waals surface area contributed by atoms with E-state index < -0.39 is 12.0 Å².